The summed E-state index contributed by atoms with van der Waals surface area (Å²) in [6.45, 7) is 5.32. The van der Waals surface area contributed by atoms with E-state index < -0.39 is 5.79 Å². The first-order valence-corrected chi connectivity index (χ1v) is 7.60. The van der Waals surface area contributed by atoms with Crippen molar-refractivity contribution in [2.45, 2.75) is 38.3 Å². The Morgan fingerprint density at radius 1 is 1.32 bits per heavy atom. The lowest BCUT2D eigenvalue weighted by Gasteiger charge is -2.31. The fraction of sp³-hybridized carbons (Fsp3) is 0.471. The molecule has 0 radical (unpaired) electrons. The molecule has 5 nitrogen and oxygen atoms in total. The van der Waals surface area contributed by atoms with Crippen LogP contribution in [0, 0.1) is 0 Å². The lowest BCUT2D eigenvalue weighted by molar-refractivity contribution is -0.146. The second-order valence-corrected chi connectivity index (χ2v) is 6.22. The lowest BCUT2D eigenvalue weighted by atomic mass is 10.1. The molecule has 1 aromatic heterocycles. The molecule has 1 N–H and O–H groups in total. The van der Waals surface area contributed by atoms with Crippen LogP contribution in [-0.2, 0) is 16.0 Å². The Morgan fingerprint density at radius 3 is 2.68 bits per heavy atom. The number of hydrogen-bond donors (Lipinski definition) is 1. The highest BCUT2D eigenvalue weighted by atomic mass is 16.7. The van der Waals surface area contributed by atoms with Crippen LogP contribution in [0.15, 0.2) is 42.6 Å². The molecule has 1 fully saturated rings. The lowest BCUT2D eigenvalue weighted by Crippen LogP contribution is -2.36. The molecule has 0 saturated carbocycles. The molecule has 0 amide bonds. The molecule has 22 heavy (non-hydrogen) atoms. The predicted octanol–water partition coefficient (Wildman–Crippen LogP) is 2.73. The summed E-state index contributed by atoms with van der Waals surface area (Å²) < 4.78 is 11.8. The number of nitrogens with one attached hydrogen (secondary N) is 1. The number of ether oxygens (including phenoxy) is 2. The number of likely N-dealkylation sites (N-methyl/N-ethyl adjacent to an activating group) is 1. The first-order chi connectivity index (χ1) is 10.6. The Balaban J connectivity index is 1.80. The van der Waals surface area contributed by atoms with E-state index in [1.54, 1.807) is 6.20 Å². The Bertz CT molecular complexity index is 583. The largest absolute Gasteiger partial charge is 0.348 e. The second-order valence-electron chi connectivity index (χ2n) is 6.22. The number of nitrogens with zero attached hydrogens (tertiary/aromatic N) is 2. The SMILES string of the molecule is CN(Cc1ccccc1)[C@@H](c1ccn[nH]1)[C@H]1COC(C)(C)O1. The molecule has 0 unspecified atom stereocenters. The summed E-state index contributed by atoms with van der Waals surface area (Å²) in [5, 5.41) is 7.17. The average Bonchev–Trinajstić information content (AvgIpc) is 3.11. The highest BCUT2D eigenvalue weighted by Crippen LogP contribution is 2.33. The Labute approximate surface area is 131 Å². The van der Waals surface area contributed by atoms with Gasteiger partial charge in [-0.15, -0.1) is 0 Å². The molecule has 1 aliphatic heterocycles. The first kappa shape index (κ1) is 15.2. The van der Waals surface area contributed by atoms with Crippen molar-refractivity contribution in [2.75, 3.05) is 13.7 Å². The van der Waals surface area contributed by atoms with Crippen LogP contribution >= 0.6 is 0 Å². The molecule has 0 aliphatic carbocycles. The van der Waals surface area contributed by atoms with Crippen molar-refractivity contribution in [2.24, 2.45) is 0 Å². The van der Waals surface area contributed by atoms with Crippen molar-refractivity contribution in [1.82, 2.24) is 15.1 Å². The molecule has 5 heteroatoms. The standard InChI is InChI=1S/C17H23N3O2/c1-17(2)21-12-15(22-17)16(14-9-10-18-19-14)20(3)11-13-7-5-4-6-8-13/h4-10,15-16H,11-12H2,1-3H3,(H,18,19)/t15-,16+/m1/s1. The Morgan fingerprint density at radius 2 is 2.09 bits per heavy atom. The van der Waals surface area contributed by atoms with Crippen LogP contribution in [0.25, 0.3) is 0 Å². The van der Waals surface area contributed by atoms with Gasteiger partial charge >= 0.3 is 0 Å². The summed E-state index contributed by atoms with van der Waals surface area (Å²) in [6, 6.07) is 12.5. The summed E-state index contributed by atoms with van der Waals surface area (Å²) >= 11 is 0. The normalized spacial score (nSPS) is 22.1. The quantitative estimate of drug-likeness (QED) is 0.922. The smallest absolute Gasteiger partial charge is 0.163 e. The van der Waals surface area contributed by atoms with E-state index in [4.69, 9.17) is 9.47 Å². The van der Waals surface area contributed by atoms with Crippen molar-refractivity contribution in [3.8, 4) is 0 Å². The summed E-state index contributed by atoms with van der Waals surface area (Å²) in [6.07, 6.45) is 1.75. The van der Waals surface area contributed by atoms with E-state index in [2.05, 4.69) is 46.4 Å². The molecule has 1 aromatic carbocycles. The zero-order valence-corrected chi connectivity index (χ0v) is 13.3. The van der Waals surface area contributed by atoms with Crippen molar-refractivity contribution in [1.29, 1.82) is 0 Å². The fourth-order valence-corrected chi connectivity index (χ4v) is 2.99. The topological polar surface area (TPSA) is 50.4 Å². The van der Waals surface area contributed by atoms with E-state index in [0.29, 0.717) is 6.61 Å². The minimum atomic E-state index is -0.531. The molecule has 118 valence electrons. The van der Waals surface area contributed by atoms with E-state index in [0.717, 1.165) is 12.2 Å². The molecule has 2 aromatic rings. The highest BCUT2D eigenvalue weighted by molar-refractivity contribution is 5.16. The van der Waals surface area contributed by atoms with Gasteiger partial charge in [0.1, 0.15) is 6.10 Å². The Hall–Kier alpha value is -1.69. The van der Waals surface area contributed by atoms with Crippen LogP contribution in [0.4, 0.5) is 0 Å². The van der Waals surface area contributed by atoms with Crippen molar-refractivity contribution in [3.05, 3.63) is 53.9 Å². The van der Waals surface area contributed by atoms with Crippen molar-refractivity contribution in [3.63, 3.8) is 0 Å². The molecule has 1 aliphatic rings. The van der Waals surface area contributed by atoms with Gasteiger partial charge < -0.3 is 9.47 Å². The minimum Gasteiger partial charge on any atom is -0.348 e. The zero-order valence-electron chi connectivity index (χ0n) is 13.3. The maximum atomic E-state index is 6.08. The molecular formula is C17H23N3O2. The van der Waals surface area contributed by atoms with Gasteiger partial charge in [-0.05, 0) is 32.5 Å². The van der Waals surface area contributed by atoms with Crippen LogP contribution in [-0.4, -0.2) is 40.6 Å². The van der Waals surface area contributed by atoms with Crippen LogP contribution in [0.1, 0.15) is 31.1 Å². The van der Waals surface area contributed by atoms with Gasteiger partial charge in [-0.3, -0.25) is 10.00 Å². The molecule has 2 atom stereocenters. The van der Waals surface area contributed by atoms with E-state index in [-0.39, 0.29) is 12.1 Å². The number of aromatic amines is 1. The van der Waals surface area contributed by atoms with Crippen LogP contribution in [0.2, 0.25) is 0 Å². The fourth-order valence-electron chi connectivity index (χ4n) is 2.99. The molecule has 0 bridgehead atoms. The second kappa shape index (κ2) is 6.20. The van der Waals surface area contributed by atoms with Gasteiger partial charge in [0.15, 0.2) is 5.79 Å². The molecule has 3 rings (SSSR count). The van der Waals surface area contributed by atoms with Gasteiger partial charge in [-0.25, -0.2) is 0 Å². The van der Waals surface area contributed by atoms with Crippen molar-refractivity contribution < 1.29 is 9.47 Å². The Kier molecular flexibility index (Phi) is 4.29. The average molecular weight is 301 g/mol. The molecule has 0 spiro atoms. The summed E-state index contributed by atoms with van der Waals surface area (Å²) in [5.74, 6) is -0.531. The van der Waals surface area contributed by atoms with Gasteiger partial charge in [0.2, 0.25) is 0 Å². The van der Waals surface area contributed by atoms with Crippen LogP contribution in [0.3, 0.4) is 0 Å². The van der Waals surface area contributed by atoms with Crippen molar-refractivity contribution >= 4 is 0 Å². The van der Waals surface area contributed by atoms with E-state index >= 15 is 0 Å². The monoisotopic (exact) mass is 301 g/mol. The summed E-state index contributed by atoms with van der Waals surface area (Å²) in [7, 11) is 2.10. The highest BCUT2D eigenvalue weighted by Gasteiger charge is 2.40. The number of hydrogen-bond acceptors (Lipinski definition) is 4. The van der Waals surface area contributed by atoms with Gasteiger partial charge in [-0.2, -0.15) is 5.10 Å². The van der Waals surface area contributed by atoms with Gasteiger partial charge in [0.05, 0.1) is 18.3 Å². The van der Waals surface area contributed by atoms with Crippen LogP contribution in [0.5, 0.6) is 0 Å². The zero-order chi connectivity index (χ0) is 15.6. The van der Waals surface area contributed by atoms with Gasteiger partial charge in [0.25, 0.3) is 0 Å². The molecule has 1 saturated heterocycles. The first-order valence-electron chi connectivity index (χ1n) is 7.60. The maximum Gasteiger partial charge on any atom is 0.163 e. The maximum absolute atomic E-state index is 6.08. The minimum absolute atomic E-state index is 0.0239. The third-order valence-corrected chi connectivity index (χ3v) is 3.97. The molecular weight excluding hydrogens is 278 g/mol. The number of benzene rings is 1. The van der Waals surface area contributed by atoms with Gasteiger partial charge in [0, 0.05) is 12.7 Å². The van der Waals surface area contributed by atoms with E-state index in [1.807, 2.05) is 26.0 Å². The third-order valence-electron chi connectivity index (χ3n) is 3.97. The van der Waals surface area contributed by atoms with Crippen LogP contribution < -0.4 is 0 Å². The van der Waals surface area contributed by atoms with E-state index in [1.165, 1.54) is 5.56 Å². The summed E-state index contributed by atoms with van der Waals surface area (Å²) in [5.41, 5.74) is 2.32. The predicted molar refractivity (Wildman–Crippen MR) is 84.1 cm³/mol. The molecule has 2 heterocycles. The number of H-pyrrole nitrogens is 1. The number of rotatable bonds is 5. The third kappa shape index (κ3) is 3.38. The summed E-state index contributed by atoms with van der Waals surface area (Å²) in [4.78, 5) is 2.28. The van der Waals surface area contributed by atoms with Gasteiger partial charge in [-0.1, -0.05) is 30.3 Å². The van der Waals surface area contributed by atoms with E-state index in [9.17, 15) is 0 Å². The number of aromatic nitrogens is 2.